The van der Waals surface area contributed by atoms with Gasteiger partial charge in [0.1, 0.15) is 9.84 Å². The first-order valence-corrected chi connectivity index (χ1v) is 9.04. The lowest BCUT2D eigenvalue weighted by Gasteiger charge is -2.11. The minimum atomic E-state index is -4.39. The highest BCUT2D eigenvalue weighted by atomic mass is 32.2. The lowest BCUT2D eigenvalue weighted by molar-refractivity contribution is -0.137. The fourth-order valence-electron chi connectivity index (χ4n) is 1.71. The Bertz CT molecular complexity index is 643. The number of guanidine groups is 1. The average molecular weight is 351 g/mol. The van der Waals surface area contributed by atoms with Gasteiger partial charge in [-0.3, -0.25) is 0 Å². The molecule has 0 spiro atoms. The quantitative estimate of drug-likeness (QED) is 0.606. The minimum absolute atomic E-state index is 0.0537. The maximum absolute atomic E-state index is 12.6. The fourth-order valence-corrected chi connectivity index (χ4v) is 2.19. The van der Waals surface area contributed by atoms with Gasteiger partial charge in [-0.15, -0.1) is 0 Å². The van der Waals surface area contributed by atoms with Crippen LogP contribution in [-0.4, -0.2) is 39.5 Å². The van der Waals surface area contributed by atoms with Gasteiger partial charge in [0.15, 0.2) is 5.96 Å². The van der Waals surface area contributed by atoms with Gasteiger partial charge >= 0.3 is 6.18 Å². The normalized spacial score (nSPS) is 13.0. The summed E-state index contributed by atoms with van der Waals surface area (Å²) >= 11 is 0. The van der Waals surface area contributed by atoms with Crippen molar-refractivity contribution < 1.29 is 21.6 Å². The first-order chi connectivity index (χ1) is 10.6. The summed E-state index contributed by atoms with van der Waals surface area (Å²) in [6, 6.07) is 4.93. The van der Waals surface area contributed by atoms with E-state index in [1.165, 1.54) is 6.07 Å². The summed E-state index contributed by atoms with van der Waals surface area (Å²) in [7, 11) is -3.09. The molecule has 130 valence electrons. The van der Waals surface area contributed by atoms with E-state index in [1.807, 2.05) is 6.92 Å². The largest absolute Gasteiger partial charge is 0.416 e. The van der Waals surface area contributed by atoms with Crippen molar-refractivity contribution in [1.29, 1.82) is 0 Å². The summed E-state index contributed by atoms with van der Waals surface area (Å²) in [5.74, 6) is 0.301. The molecule has 9 heteroatoms. The van der Waals surface area contributed by atoms with E-state index in [0.29, 0.717) is 18.1 Å². The Balaban J connectivity index is 2.73. The zero-order valence-electron chi connectivity index (χ0n) is 12.9. The number of aliphatic imine (C=N–C) groups is 1. The molecule has 0 unspecified atom stereocenters. The van der Waals surface area contributed by atoms with Gasteiger partial charge in [-0.2, -0.15) is 13.2 Å². The predicted octanol–water partition coefficient (Wildman–Crippen LogP) is 1.81. The first kappa shape index (κ1) is 19.3. The first-order valence-electron chi connectivity index (χ1n) is 6.98. The highest BCUT2D eigenvalue weighted by molar-refractivity contribution is 7.90. The molecule has 0 heterocycles. The van der Waals surface area contributed by atoms with Crippen LogP contribution in [0.1, 0.15) is 18.1 Å². The maximum atomic E-state index is 12.6. The molecular weight excluding hydrogens is 331 g/mol. The smallest absolute Gasteiger partial charge is 0.357 e. The van der Waals surface area contributed by atoms with Crippen molar-refractivity contribution in [2.24, 2.45) is 4.99 Å². The minimum Gasteiger partial charge on any atom is -0.357 e. The van der Waals surface area contributed by atoms with Gasteiger partial charge in [-0.25, -0.2) is 13.4 Å². The van der Waals surface area contributed by atoms with Crippen LogP contribution in [0.15, 0.2) is 29.3 Å². The standard InChI is InChI=1S/C14H20F3N3O2S/c1-3-18-13(19-7-8-23(2,21)22)20-10-11-5-4-6-12(9-11)14(15,16)17/h4-6,9H,3,7-8,10H2,1-2H3,(H2,18,19,20). The van der Waals surface area contributed by atoms with E-state index in [4.69, 9.17) is 0 Å². The van der Waals surface area contributed by atoms with E-state index in [1.54, 1.807) is 6.07 Å². The van der Waals surface area contributed by atoms with Crippen molar-refractivity contribution >= 4 is 15.8 Å². The van der Waals surface area contributed by atoms with E-state index in [9.17, 15) is 21.6 Å². The molecule has 1 aromatic rings. The zero-order chi connectivity index (χ0) is 17.5. The lowest BCUT2D eigenvalue weighted by atomic mass is 10.1. The van der Waals surface area contributed by atoms with Crippen molar-refractivity contribution in [2.75, 3.05) is 25.1 Å². The molecule has 0 aliphatic heterocycles. The molecule has 0 aliphatic rings. The average Bonchev–Trinajstić information content (AvgIpc) is 2.43. The van der Waals surface area contributed by atoms with E-state index in [-0.39, 0.29) is 18.8 Å². The summed E-state index contributed by atoms with van der Waals surface area (Å²) in [4.78, 5) is 4.16. The van der Waals surface area contributed by atoms with E-state index < -0.39 is 21.6 Å². The van der Waals surface area contributed by atoms with E-state index in [0.717, 1.165) is 18.4 Å². The molecule has 0 atom stereocenters. The number of nitrogens with one attached hydrogen (secondary N) is 2. The number of rotatable bonds is 6. The zero-order valence-corrected chi connectivity index (χ0v) is 13.8. The Morgan fingerprint density at radius 3 is 2.52 bits per heavy atom. The molecule has 5 nitrogen and oxygen atoms in total. The van der Waals surface area contributed by atoms with Crippen LogP contribution in [0.5, 0.6) is 0 Å². The highest BCUT2D eigenvalue weighted by Crippen LogP contribution is 2.29. The van der Waals surface area contributed by atoms with E-state index >= 15 is 0 Å². The van der Waals surface area contributed by atoms with Gasteiger partial charge in [0.2, 0.25) is 0 Å². The Morgan fingerprint density at radius 1 is 1.26 bits per heavy atom. The molecule has 0 saturated carbocycles. The van der Waals surface area contributed by atoms with Gasteiger partial charge in [0.05, 0.1) is 17.9 Å². The maximum Gasteiger partial charge on any atom is 0.416 e. The molecule has 0 aromatic heterocycles. The van der Waals surface area contributed by atoms with Crippen LogP contribution < -0.4 is 10.6 Å². The molecule has 0 aliphatic carbocycles. The number of halogens is 3. The van der Waals surface area contributed by atoms with Gasteiger partial charge in [0.25, 0.3) is 0 Å². The predicted molar refractivity (Wildman–Crippen MR) is 84.0 cm³/mol. The fraction of sp³-hybridized carbons (Fsp3) is 0.500. The van der Waals surface area contributed by atoms with Crippen molar-refractivity contribution in [3.8, 4) is 0 Å². The van der Waals surface area contributed by atoms with Crippen molar-refractivity contribution in [3.05, 3.63) is 35.4 Å². The summed E-state index contributed by atoms with van der Waals surface area (Å²) in [6.45, 7) is 2.61. The molecule has 2 N–H and O–H groups in total. The van der Waals surface area contributed by atoms with Crippen LogP contribution in [0.25, 0.3) is 0 Å². The lowest BCUT2D eigenvalue weighted by Crippen LogP contribution is -2.39. The van der Waals surface area contributed by atoms with Crippen LogP contribution in [0, 0.1) is 0 Å². The second kappa shape index (κ2) is 8.19. The molecule has 0 fully saturated rings. The van der Waals surface area contributed by atoms with Crippen LogP contribution in [0.4, 0.5) is 13.2 Å². The molecule has 1 rings (SSSR count). The van der Waals surface area contributed by atoms with Crippen molar-refractivity contribution in [2.45, 2.75) is 19.6 Å². The number of hydrogen-bond acceptors (Lipinski definition) is 3. The highest BCUT2D eigenvalue weighted by Gasteiger charge is 2.30. The van der Waals surface area contributed by atoms with Crippen molar-refractivity contribution in [3.63, 3.8) is 0 Å². The van der Waals surface area contributed by atoms with E-state index in [2.05, 4.69) is 15.6 Å². The second-order valence-corrected chi connectivity index (χ2v) is 7.21. The molecule has 1 aromatic carbocycles. The Labute approximate surface area is 133 Å². The molecule has 0 saturated heterocycles. The van der Waals surface area contributed by atoms with Gasteiger partial charge < -0.3 is 10.6 Å². The summed E-state index contributed by atoms with van der Waals surface area (Å²) < 4.78 is 60.1. The monoisotopic (exact) mass is 351 g/mol. The number of hydrogen-bond donors (Lipinski definition) is 2. The third-order valence-corrected chi connectivity index (χ3v) is 3.73. The third-order valence-electron chi connectivity index (χ3n) is 2.78. The summed E-state index contributed by atoms with van der Waals surface area (Å²) in [6.07, 6.45) is -3.26. The van der Waals surface area contributed by atoms with Crippen LogP contribution in [-0.2, 0) is 22.6 Å². The Hall–Kier alpha value is -1.77. The number of nitrogens with zero attached hydrogens (tertiary/aromatic N) is 1. The van der Waals surface area contributed by atoms with Crippen LogP contribution >= 0.6 is 0 Å². The molecule has 23 heavy (non-hydrogen) atoms. The molecule has 0 amide bonds. The van der Waals surface area contributed by atoms with Crippen LogP contribution in [0.2, 0.25) is 0 Å². The van der Waals surface area contributed by atoms with Gasteiger partial charge in [0, 0.05) is 19.3 Å². The number of alkyl halides is 3. The van der Waals surface area contributed by atoms with Gasteiger partial charge in [-0.1, -0.05) is 12.1 Å². The molecular formula is C14H20F3N3O2S. The topological polar surface area (TPSA) is 70.6 Å². The van der Waals surface area contributed by atoms with Crippen molar-refractivity contribution in [1.82, 2.24) is 10.6 Å². The van der Waals surface area contributed by atoms with Crippen LogP contribution in [0.3, 0.4) is 0 Å². The Morgan fingerprint density at radius 2 is 1.96 bits per heavy atom. The second-order valence-electron chi connectivity index (χ2n) is 4.95. The number of sulfone groups is 1. The van der Waals surface area contributed by atoms with Gasteiger partial charge in [-0.05, 0) is 24.6 Å². The molecule has 0 radical (unpaired) electrons. The SMILES string of the molecule is CCNC(=NCc1cccc(C(F)(F)F)c1)NCCS(C)(=O)=O. The summed E-state index contributed by atoms with van der Waals surface area (Å²) in [5.41, 5.74) is -0.305. The number of benzene rings is 1. The summed E-state index contributed by atoms with van der Waals surface area (Å²) in [5, 5.41) is 5.74. The Kier molecular flexibility index (Phi) is 6.86. The third kappa shape index (κ3) is 7.87. The molecule has 0 bridgehead atoms.